The Kier molecular flexibility index (Phi) is 6.06. The smallest absolute Gasteiger partial charge is 0.242 e. The summed E-state index contributed by atoms with van der Waals surface area (Å²) in [6.07, 6.45) is 0. The predicted octanol–water partition coefficient (Wildman–Crippen LogP) is 3.39. The monoisotopic (exact) mass is 424 g/mol. The number of amides is 2. The summed E-state index contributed by atoms with van der Waals surface area (Å²) < 4.78 is 2.07. The highest BCUT2D eigenvalue weighted by atomic mass is 35.5. The normalized spacial score (nSPS) is 14.8. The van der Waals surface area contributed by atoms with Crippen LogP contribution in [0.1, 0.15) is 5.69 Å². The third-order valence-corrected chi connectivity index (χ3v) is 5.88. The lowest BCUT2D eigenvalue weighted by atomic mass is 10.2. The van der Waals surface area contributed by atoms with Gasteiger partial charge in [-0.15, -0.1) is 0 Å². The second-order valence-electron chi connectivity index (χ2n) is 7.62. The van der Waals surface area contributed by atoms with Crippen LogP contribution in [0.3, 0.4) is 0 Å². The van der Waals surface area contributed by atoms with Crippen LogP contribution in [0.5, 0.6) is 0 Å². The molecule has 2 amide bonds. The Bertz CT molecular complexity index is 1070. The minimum atomic E-state index is -0.0997. The first-order valence-corrected chi connectivity index (χ1v) is 10.5. The number of carbonyl (C=O) groups is 2. The molecule has 1 aromatic heterocycles. The van der Waals surface area contributed by atoms with E-state index < -0.39 is 0 Å². The number of aryl methyl sites for hydroxylation is 1. The molecule has 1 aliphatic heterocycles. The zero-order valence-electron chi connectivity index (χ0n) is 17.0. The van der Waals surface area contributed by atoms with Gasteiger partial charge in [0, 0.05) is 37.4 Å². The first-order chi connectivity index (χ1) is 14.5. The molecule has 3 aromatic rings. The summed E-state index contributed by atoms with van der Waals surface area (Å²) in [5, 5.41) is 4.52. The Balaban J connectivity index is 1.30. The van der Waals surface area contributed by atoms with Crippen molar-refractivity contribution in [2.75, 3.05) is 38.0 Å². The number of hydrogen-bond donors (Lipinski definition) is 1. The number of fused-ring (bicyclic) bond motifs is 1. The lowest BCUT2D eigenvalue weighted by molar-refractivity contribution is -0.133. The number of benzene rings is 2. The number of halogens is 1. The molecular formula is C23H25ClN4O2. The molecule has 0 unspecified atom stereocenters. The van der Waals surface area contributed by atoms with Crippen LogP contribution in [0.15, 0.2) is 54.6 Å². The zero-order chi connectivity index (χ0) is 21.1. The molecule has 7 heteroatoms. The second kappa shape index (κ2) is 8.90. The maximum absolute atomic E-state index is 12.9. The molecule has 1 saturated heterocycles. The van der Waals surface area contributed by atoms with Crippen LogP contribution in [-0.4, -0.2) is 58.9 Å². The van der Waals surface area contributed by atoms with Crippen LogP contribution >= 0.6 is 11.6 Å². The van der Waals surface area contributed by atoms with Crippen molar-refractivity contribution in [2.45, 2.75) is 13.5 Å². The van der Waals surface area contributed by atoms with Crippen LogP contribution in [-0.2, 0) is 16.1 Å². The van der Waals surface area contributed by atoms with E-state index in [0.29, 0.717) is 43.4 Å². The zero-order valence-corrected chi connectivity index (χ0v) is 17.7. The Morgan fingerprint density at radius 1 is 0.967 bits per heavy atom. The van der Waals surface area contributed by atoms with Crippen molar-refractivity contribution in [2.24, 2.45) is 0 Å². The highest BCUT2D eigenvalue weighted by Crippen LogP contribution is 2.21. The van der Waals surface area contributed by atoms with Gasteiger partial charge in [0.2, 0.25) is 11.8 Å². The summed E-state index contributed by atoms with van der Waals surface area (Å²) >= 11 is 6.10. The molecule has 30 heavy (non-hydrogen) atoms. The molecule has 0 saturated carbocycles. The molecular weight excluding hydrogens is 400 g/mol. The van der Waals surface area contributed by atoms with Gasteiger partial charge in [-0.2, -0.15) is 0 Å². The molecule has 2 heterocycles. The van der Waals surface area contributed by atoms with E-state index in [-0.39, 0.29) is 18.4 Å². The van der Waals surface area contributed by atoms with Crippen molar-refractivity contribution in [1.82, 2.24) is 14.4 Å². The average molecular weight is 425 g/mol. The number of anilines is 1. The van der Waals surface area contributed by atoms with Gasteiger partial charge in [0.1, 0.15) is 6.54 Å². The molecule has 2 aromatic carbocycles. The molecule has 156 valence electrons. The van der Waals surface area contributed by atoms with Crippen molar-refractivity contribution in [3.63, 3.8) is 0 Å². The molecule has 6 nitrogen and oxygen atoms in total. The van der Waals surface area contributed by atoms with Gasteiger partial charge in [0.05, 0.1) is 17.3 Å². The molecule has 0 atom stereocenters. The van der Waals surface area contributed by atoms with E-state index in [1.54, 1.807) is 12.1 Å². The van der Waals surface area contributed by atoms with Gasteiger partial charge < -0.3 is 14.8 Å². The lowest BCUT2D eigenvalue weighted by Crippen LogP contribution is -2.51. The average Bonchev–Trinajstić information content (AvgIpc) is 3.05. The summed E-state index contributed by atoms with van der Waals surface area (Å²) in [6, 6.07) is 17.4. The third-order valence-electron chi connectivity index (χ3n) is 5.55. The van der Waals surface area contributed by atoms with Crippen LogP contribution in [0.2, 0.25) is 5.02 Å². The number of nitrogens with zero attached hydrogens (tertiary/aromatic N) is 3. The van der Waals surface area contributed by atoms with Gasteiger partial charge in [0.15, 0.2) is 0 Å². The third kappa shape index (κ3) is 4.50. The summed E-state index contributed by atoms with van der Waals surface area (Å²) in [6.45, 7) is 5.25. The van der Waals surface area contributed by atoms with Crippen molar-refractivity contribution >= 4 is 40.0 Å². The fourth-order valence-corrected chi connectivity index (χ4v) is 4.09. The van der Waals surface area contributed by atoms with Crippen LogP contribution in [0.4, 0.5) is 5.69 Å². The number of para-hydroxylation sites is 2. The van der Waals surface area contributed by atoms with Gasteiger partial charge in [0.25, 0.3) is 0 Å². The van der Waals surface area contributed by atoms with E-state index in [0.717, 1.165) is 16.6 Å². The predicted molar refractivity (Wildman–Crippen MR) is 120 cm³/mol. The summed E-state index contributed by atoms with van der Waals surface area (Å²) in [7, 11) is 0. The van der Waals surface area contributed by atoms with Crippen molar-refractivity contribution in [3.05, 3.63) is 65.3 Å². The van der Waals surface area contributed by atoms with E-state index in [1.807, 2.05) is 42.2 Å². The Hall–Kier alpha value is -2.83. The molecule has 0 radical (unpaired) electrons. The summed E-state index contributed by atoms with van der Waals surface area (Å²) in [4.78, 5) is 29.1. The Morgan fingerprint density at radius 3 is 2.43 bits per heavy atom. The van der Waals surface area contributed by atoms with Crippen LogP contribution in [0.25, 0.3) is 10.9 Å². The van der Waals surface area contributed by atoms with E-state index in [9.17, 15) is 9.59 Å². The number of rotatable bonds is 5. The maximum Gasteiger partial charge on any atom is 0.242 e. The highest BCUT2D eigenvalue weighted by Gasteiger charge is 2.23. The molecule has 0 aliphatic carbocycles. The molecule has 1 N–H and O–H groups in total. The molecule has 0 bridgehead atoms. The van der Waals surface area contributed by atoms with Gasteiger partial charge in [-0.05, 0) is 36.6 Å². The van der Waals surface area contributed by atoms with Crippen LogP contribution < -0.4 is 5.32 Å². The first-order valence-electron chi connectivity index (χ1n) is 10.1. The summed E-state index contributed by atoms with van der Waals surface area (Å²) in [5.74, 6) is 0.0111. The number of aromatic nitrogens is 1. The minimum absolute atomic E-state index is 0.0997. The Morgan fingerprint density at radius 2 is 1.67 bits per heavy atom. The maximum atomic E-state index is 12.9. The van der Waals surface area contributed by atoms with Crippen molar-refractivity contribution in [3.8, 4) is 0 Å². The number of piperazine rings is 1. The van der Waals surface area contributed by atoms with Gasteiger partial charge in [-0.25, -0.2) is 0 Å². The van der Waals surface area contributed by atoms with Gasteiger partial charge in [-0.3, -0.25) is 14.5 Å². The van der Waals surface area contributed by atoms with Crippen LogP contribution in [0, 0.1) is 6.92 Å². The Labute approximate surface area is 181 Å². The molecule has 0 spiro atoms. The molecule has 1 fully saturated rings. The van der Waals surface area contributed by atoms with Gasteiger partial charge >= 0.3 is 0 Å². The molecule has 1 aliphatic rings. The SMILES string of the molecule is Cc1cc2ccccc2n1CC(=O)N1CCN(CC(=O)Nc2ccccc2Cl)CC1. The van der Waals surface area contributed by atoms with E-state index in [4.69, 9.17) is 11.6 Å². The van der Waals surface area contributed by atoms with Gasteiger partial charge in [-0.1, -0.05) is 41.9 Å². The van der Waals surface area contributed by atoms with Crippen molar-refractivity contribution < 1.29 is 9.59 Å². The minimum Gasteiger partial charge on any atom is -0.339 e. The topological polar surface area (TPSA) is 57.6 Å². The lowest BCUT2D eigenvalue weighted by Gasteiger charge is -2.34. The fraction of sp³-hybridized carbons (Fsp3) is 0.304. The second-order valence-corrected chi connectivity index (χ2v) is 8.02. The number of hydrogen-bond acceptors (Lipinski definition) is 3. The first kappa shape index (κ1) is 20.4. The van der Waals surface area contributed by atoms with E-state index in [2.05, 4.69) is 26.9 Å². The number of carbonyl (C=O) groups excluding carboxylic acids is 2. The quantitative estimate of drug-likeness (QED) is 0.683. The fourth-order valence-electron chi connectivity index (χ4n) is 3.90. The van der Waals surface area contributed by atoms with E-state index >= 15 is 0 Å². The number of nitrogens with one attached hydrogen (secondary N) is 1. The standard InChI is InChI=1S/C23H25ClN4O2/c1-17-14-18-6-2-5-9-21(18)28(17)16-23(30)27-12-10-26(11-13-27)15-22(29)25-20-8-4-3-7-19(20)24/h2-9,14H,10-13,15-16H2,1H3,(H,25,29). The van der Waals surface area contributed by atoms with E-state index in [1.165, 1.54) is 0 Å². The largest absolute Gasteiger partial charge is 0.339 e. The van der Waals surface area contributed by atoms with Crippen molar-refractivity contribution in [1.29, 1.82) is 0 Å². The highest BCUT2D eigenvalue weighted by molar-refractivity contribution is 6.33. The molecule has 4 rings (SSSR count). The summed E-state index contributed by atoms with van der Waals surface area (Å²) in [5.41, 5.74) is 2.78.